The van der Waals surface area contributed by atoms with Crippen molar-refractivity contribution in [3.63, 3.8) is 0 Å². The SMILES string of the molecule is Cc1cc(C(=O)NCCc2nc3cc(C)c(C)cc3[nH]2)c2c(C)noc2n1. The molecule has 0 saturated carbocycles. The van der Waals surface area contributed by atoms with Crippen molar-refractivity contribution in [3.05, 3.63) is 52.1 Å². The Morgan fingerprint density at radius 1 is 1.11 bits per heavy atom. The maximum atomic E-state index is 12.7. The van der Waals surface area contributed by atoms with Crippen LogP contribution in [0.5, 0.6) is 0 Å². The zero-order valence-electron chi connectivity index (χ0n) is 15.8. The first-order valence-electron chi connectivity index (χ1n) is 8.90. The fourth-order valence-electron chi connectivity index (χ4n) is 3.23. The molecule has 0 radical (unpaired) electrons. The van der Waals surface area contributed by atoms with Crippen LogP contribution in [0.2, 0.25) is 0 Å². The minimum Gasteiger partial charge on any atom is -0.352 e. The quantitative estimate of drug-likeness (QED) is 0.580. The molecule has 1 aromatic carbocycles. The fourth-order valence-corrected chi connectivity index (χ4v) is 3.23. The van der Waals surface area contributed by atoms with Gasteiger partial charge in [-0.25, -0.2) is 9.97 Å². The van der Waals surface area contributed by atoms with Crippen molar-refractivity contribution in [2.75, 3.05) is 6.54 Å². The van der Waals surface area contributed by atoms with Crippen LogP contribution in [0.25, 0.3) is 22.1 Å². The second kappa shape index (κ2) is 6.50. The van der Waals surface area contributed by atoms with E-state index in [-0.39, 0.29) is 5.91 Å². The molecule has 2 N–H and O–H groups in total. The number of nitrogens with zero attached hydrogens (tertiary/aromatic N) is 3. The Morgan fingerprint density at radius 2 is 1.89 bits per heavy atom. The lowest BCUT2D eigenvalue weighted by molar-refractivity contribution is 0.0955. The summed E-state index contributed by atoms with van der Waals surface area (Å²) >= 11 is 0. The smallest absolute Gasteiger partial charge is 0.258 e. The lowest BCUT2D eigenvalue weighted by Gasteiger charge is -2.06. The summed E-state index contributed by atoms with van der Waals surface area (Å²) in [6.45, 7) is 8.27. The molecular formula is C20H21N5O2. The fraction of sp³-hybridized carbons (Fsp3) is 0.300. The number of hydrogen-bond acceptors (Lipinski definition) is 5. The van der Waals surface area contributed by atoms with Gasteiger partial charge in [-0.3, -0.25) is 4.79 Å². The second-order valence-electron chi connectivity index (χ2n) is 6.90. The molecule has 27 heavy (non-hydrogen) atoms. The van der Waals surface area contributed by atoms with Crippen molar-refractivity contribution in [1.29, 1.82) is 0 Å². The van der Waals surface area contributed by atoms with Gasteiger partial charge in [0, 0.05) is 18.7 Å². The second-order valence-corrected chi connectivity index (χ2v) is 6.90. The average Bonchev–Trinajstić information content (AvgIpc) is 3.17. The van der Waals surface area contributed by atoms with E-state index in [0.29, 0.717) is 41.0 Å². The Morgan fingerprint density at radius 3 is 2.70 bits per heavy atom. The van der Waals surface area contributed by atoms with Crippen LogP contribution >= 0.6 is 0 Å². The minimum atomic E-state index is -0.167. The number of aromatic nitrogens is 4. The lowest BCUT2D eigenvalue weighted by Crippen LogP contribution is -2.26. The highest BCUT2D eigenvalue weighted by atomic mass is 16.5. The molecule has 0 aliphatic rings. The van der Waals surface area contributed by atoms with E-state index in [4.69, 9.17) is 4.52 Å². The zero-order valence-corrected chi connectivity index (χ0v) is 15.8. The monoisotopic (exact) mass is 363 g/mol. The molecular weight excluding hydrogens is 342 g/mol. The van der Waals surface area contributed by atoms with Crippen LogP contribution in [-0.4, -0.2) is 32.6 Å². The molecule has 138 valence electrons. The van der Waals surface area contributed by atoms with Crippen molar-refractivity contribution < 1.29 is 9.32 Å². The third-order valence-corrected chi connectivity index (χ3v) is 4.78. The van der Waals surface area contributed by atoms with Crippen LogP contribution in [0, 0.1) is 27.7 Å². The number of fused-ring (bicyclic) bond motifs is 2. The van der Waals surface area contributed by atoms with E-state index in [9.17, 15) is 4.79 Å². The Balaban J connectivity index is 1.50. The number of imidazole rings is 1. The van der Waals surface area contributed by atoms with E-state index in [1.807, 2.05) is 6.92 Å². The first kappa shape index (κ1) is 17.2. The summed E-state index contributed by atoms with van der Waals surface area (Å²) < 4.78 is 5.19. The van der Waals surface area contributed by atoms with Crippen molar-refractivity contribution >= 4 is 28.0 Å². The number of hydrogen-bond donors (Lipinski definition) is 2. The van der Waals surface area contributed by atoms with Gasteiger partial charge in [-0.05, 0) is 57.0 Å². The highest BCUT2D eigenvalue weighted by Crippen LogP contribution is 2.22. The number of benzene rings is 1. The summed E-state index contributed by atoms with van der Waals surface area (Å²) in [5, 5.41) is 7.53. The largest absolute Gasteiger partial charge is 0.352 e. The minimum absolute atomic E-state index is 0.167. The van der Waals surface area contributed by atoms with Gasteiger partial charge >= 0.3 is 0 Å². The Labute approximate surface area is 156 Å². The molecule has 0 spiro atoms. The molecule has 4 rings (SSSR count). The number of rotatable bonds is 4. The summed E-state index contributed by atoms with van der Waals surface area (Å²) in [7, 11) is 0. The molecule has 0 bridgehead atoms. The van der Waals surface area contributed by atoms with Gasteiger partial charge in [0.15, 0.2) is 0 Å². The summed E-state index contributed by atoms with van der Waals surface area (Å²) in [5.41, 5.74) is 6.71. The van der Waals surface area contributed by atoms with Crippen molar-refractivity contribution in [3.8, 4) is 0 Å². The Bertz CT molecular complexity index is 1130. The topological polar surface area (TPSA) is 96.7 Å². The van der Waals surface area contributed by atoms with Crippen LogP contribution in [0.4, 0.5) is 0 Å². The van der Waals surface area contributed by atoms with Crippen LogP contribution in [-0.2, 0) is 6.42 Å². The van der Waals surface area contributed by atoms with Gasteiger partial charge in [0.2, 0.25) is 0 Å². The molecule has 0 aliphatic carbocycles. The summed E-state index contributed by atoms with van der Waals surface area (Å²) in [4.78, 5) is 24.9. The number of amides is 1. The van der Waals surface area contributed by atoms with E-state index in [2.05, 4.69) is 51.4 Å². The molecule has 7 heteroatoms. The number of nitrogens with one attached hydrogen (secondary N) is 2. The average molecular weight is 363 g/mol. The molecule has 0 aliphatic heterocycles. The molecule has 3 aromatic heterocycles. The highest BCUT2D eigenvalue weighted by Gasteiger charge is 2.17. The van der Waals surface area contributed by atoms with E-state index >= 15 is 0 Å². The van der Waals surface area contributed by atoms with Gasteiger partial charge in [0.1, 0.15) is 5.82 Å². The number of aryl methyl sites for hydroxylation is 4. The summed E-state index contributed by atoms with van der Waals surface area (Å²) in [6, 6.07) is 5.94. The molecule has 3 heterocycles. The van der Waals surface area contributed by atoms with Gasteiger partial charge in [0.25, 0.3) is 11.6 Å². The van der Waals surface area contributed by atoms with Gasteiger partial charge in [-0.15, -0.1) is 0 Å². The third-order valence-electron chi connectivity index (χ3n) is 4.78. The lowest BCUT2D eigenvalue weighted by atomic mass is 10.1. The van der Waals surface area contributed by atoms with Crippen molar-refractivity contribution in [2.24, 2.45) is 0 Å². The molecule has 0 saturated heterocycles. The Hall–Kier alpha value is -3.22. The number of pyridine rings is 1. The molecule has 0 fully saturated rings. The summed E-state index contributed by atoms with van der Waals surface area (Å²) in [6.07, 6.45) is 0.619. The van der Waals surface area contributed by atoms with Gasteiger partial charge in [0.05, 0.1) is 27.7 Å². The van der Waals surface area contributed by atoms with Crippen LogP contribution < -0.4 is 5.32 Å². The number of H-pyrrole nitrogens is 1. The van der Waals surface area contributed by atoms with E-state index in [0.717, 1.165) is 16.9 Å². The maximum absolute atomic E-state index is 12.7. The van der Waals surface area contributed by atoms with Gasteiger partial charge in [-0.1, -0.05) is 5.16 Å². The standard InChI is InChI=1S/C20H21N5O2/c1-10-7-15-16(8-11(10)2)24-17(23-15)5-6-21-19(26)14-9-12(3)22-20-18(14)13(4)25-27-20/h7-9H,5-6H2,1-4H3,(H,21,26)(H,23,24). The molecule has 7 nitrogen and oxygen atoms in total. The van der Waals surface area contributed by atoms with E-state index < -0.39 is 0 Å². The predicted octanol–water partition coefficient (Wildman–Crippen LogP) is 3.31. The third kappa shape index (κ3) is 3.16. The molecule has 4 aromatic rings. The molecule has 0 unspecified atom stereocenters. The van der Waals surface area contributed by atoms with Crippen LogP contribution in [0.1, 0.15) is 38.7 Å². The van der Waals surface area contributed by atoms with Crippen molar-refractivity contribution in [1.82, 2.24) is 25.4 Å². The number of aromatic amines is 1. The van der Waals surface area contributed by atoms with Gasteiger partial charge < -0.3 is 14.8 Å². The van der Waals surface area contributed by atoms with Crippen LogP contribution in [0.15, 0.2) is 22.7 Å². The number of carbonyl (C=O) groups excluding carboxylic acids is 1. The highest BCUT2D eigenvalue weighted by molar-refractivity contribution is 6.06. The number of carbonyl (C=O) groups is 1. The Kier molecular flexibility index (Phi) is 4.14. The predicted molar refractivity (Wildman–Crippen MR) is 103 cm³/mol. The summed E-state index contributed by atoms with van der Waals surface area (Å²) in [5.74, 6) is 0.687. The zero-order chi connectivity index (χ0) is 19.1. The van der Waals surface area contributed by atoms with E-state index in [1.54, 1.807) is 13.0 Å². The molecule has 1 amide bonds. The normalized spacial score (nSPS) is 11.4. The molecule has 0 atom stereocenters. The van der Waals surface area contributed by atoms with Gasteiger partial charge in [-0.2, -0.15) is 0 Å². The maximum Gasteiger partial charge on any atom is 0.258 e. The van der Waals surface area contributed by atoms with Crippen molar-refractivity contribution in [2.45, 2.75) is 34.1 Å². The van der Waals surface area contributed by atoms with Crippen LogP contribution in [0.3, 0.4) is 0 Å². The first-order valence-corrected chi connectivity index (χ1v) is 8.90. The first-order chi connectivity index (χ1) is 12.9. The van der Waals surface area contributed by atoms with E-state index in [1.165, 1.54) is 11.1 Å².